The van der Waals surface area contributed by atoms with Gasteiger partial charge in [-0.1, -0.05) is 15.9 Å². The molecule has 2 aliphatic rings. The third-order valence-corrected chi connectivity index (χ3v) is 5.18. The maximum Gasteiger partial charge on any atom is 0.418 e. The second-order valence-corrected chi connectivity index (χ2v) is 6.82. The van der Waals surface area contributed by atoms with E-state index in [0.717, 1.165) is 25.7 Å². The zero-order valence-electron chi connectivity index (χ0n) is 11.8. The summed E-state index contributed by atoms with van der Waals surface area (Å²) < 4.78 is 40.5. The van der Waals surface area contributed by atoms with E-state index in [1.165, 1.54) is 6.07 Å². The Labute approximate surface area is 130 Å². The van der Waals surface area contributed by atoms with Gasteiger partial charge in [-0.05, 0) is 50.9 Å². The molecule has 1 N–H and O–H groups in total. The zero-order valence-corrected chi connectivity index (χ0v) is 13.3. The van der Waals surface area contributed by atoms with Crippen molar-refractivity contribution in [3.63, 3.8) is 0 Å². The maximum atomic E-state index is 13.3. The fourth-order valence-electron chi connectivity index (χ4n) is 3.77. The summed E-state index contributed by atoms with van der Waals surface area (Å²) in [6.45, 7) is 0. The Morgan fingerprint density at radius 2 is 1.81 bits per heavy atom. The molecule has 2 fully saturated rings. The van der Waals surface area contributed by atoms with Gasteiger partial charge in [-0.15, -0.1) is 0 Å². The lowest BCUT2D eigenvalue weighted by Crippen LogP contribution is -2.49. The van der Waals surface area contributed by atoms with Crippen molar-refractivity contribution >= 4 is 21.6 Å². The number of halogens is 4. The molecule has 0 aliphatic carbocycles. The van der Waals surface area contributed by atoms with Crippen LogP contribution in [0, 0.1) is 0 Å². The molecule has 2 nitrogen and oxygen atoms in total. The van der Waals surface area contributed by atoms with Gasteiger partial charge in [0, 0.05) is 28.3 Å². The lowest BCUT2D eigenvalue weighted by Gasteiger charge is -2.41. The Bertz CT molecular complexity index is 518. The largest absolute Gasteiger partial charge is 0.418 e. The Morgan fingerprint density at radius 1 is 1.19 bits per heavy atom. The second kappa shape index (κ2) is 5.47. The number of benzene rings is 1. The fraction of sp³-hybridized carbons (Fsp3) is 0.600. The predicted molar refractivity (Wildman–Crippen MR) is 80.5 cm³/mol. The number of nitrogens with one attached hydrogen (secondary N) is 1. The monoisotopic (exact) mass is 362 g/mol. The molecular weight excluding hydrogens is 345 g/mol. The summed E-state index contributed by atoms with van der Waals surface area (Å²) in [5, 5.41) is 3.27. The highest BCUT2D eigenvalue weighted by Gasteiger charge is 2.44. The molecule has 1 aromatic carbocycles. The van der Waals surface area contributed by atoms with Crippen LogP contribution in [-0.4, -0.2) is 25.2 Å². The molecule has 0 aromatic heterocycles. The summed E-state index contributed by atoms with van der Waals surface area (Å²) in [6.07, 6.45) is -0.522. The normalized spacial score (nSPS) is 29.0. The van der Waals surface area contributed by atoms with Crippen LogP contribution in [0.4, 0.5) is 18.9 Å². The highest BCUT2D eigenvalue weighted by Crippen LogP contribution is 2.45. The number of alkyl halides is 3. The van der Waals surface area contributed by atoms with Crippen LogP contribution in [0.5, 0.6) is 0 Å². The van der Waals surface area contributed by atoms with Gasteiger partial charge in [0.15, 0.2) is 0 Å². The van der Waals surface area contributed by atoms with Gasteiger partial charge in [0.2, 0.25) is 0 Å². The van der Waals surface area contributed by atoms with E-state index in [1.807, 2.05) is 11.9 Å². The smallest absolute Gasteiger partial charge is 0.365 e. The van der Waals surface area contributed by atoms with E-state index < -0.39 is 11.7 Å². The first kappa shape index (κ1) is 15.2. The Balaban J connectivity index is 1.98. The van der Waals surface area contributed by atoms with Crippen molar-refractivity contribution in [3.8, 4) is 0 Å². The molecule has 3 rings (SSSR count). The molecule has 2 unspecified atom stereocenters. The van der Waals surface area contributed by atoms with E-state index in [0.29, 0.717) is 16.2 Å². The Kier molecular flexibility index (Phi) is 3.94. The highest BCUT2D eigenvalue weighted by atomic mass is 79.9. The minimum atomic E-state index is -4.32. The topological polar surface area (TPSA) is 15.3 Å². The van der Waals surface area contributed by atoms with E-state index in [9.17, 15) is 13.2 Å². The van der Waals surface area contributed by atoms with Crippen molar-refractivity contribution in [2.45, 2.75) is 50.0 Å². The number of nitrogens with zero attached hydrogens (tertiary/aromatic N) is 1. The van der Waals surface area contributed by atoms with Crippen LogP contribution >= 0.6 is 15.9 Å². The summed E-state index contributed by atoms with van der Waals surface area (Å²) in [6, 6.07) is 5.35. The third-order valence-electron chi connectivity index (χ3n) is 4.68. The van der Waals surface area contributed by atoms with Gasteiger partial charge in [0.05, 0.1) is 5.56 Å². The summed E-state index contributed by atoms with van der Waals surface area (Å²) in [5.74, 6) is 0. The maximum absolute atomic E-state index is 13.3. The standard InChI is InChI=1S/C15H18BrF3N2/c1-20-10-7-11-3-4-12(8-10)21(11)14-5-2-9(16)6-13(14)15(17,18)19/h2,5-6,10-12,20H,3-4,7-8H2,1H3. The molecule has 2 aliphatic heterocycles. The first-order valence-corrected chi connectivity index (χ1v) is 8.02. The quantitative estimate of drug-likeness (QED) is 0.848. The van der Waals surface area contributed by atoms with E-state index >= 15 is 0 Å². The lowest BCUT2D eigenvalue weighted by molar-refractivity contribution is -0.137. The highest BCUT2D eigenvalue weighted by molar-refractivity contribution is 9.10. The molecule has 2 saturated heterocycles. The SMILES string of the molecule is CNC1CC2CCC(C1)N2c1ccc(Br)cc1C(F)(F)F. The number of hydrogen-bond donors (Lipinski definition) is 1. The van der Waals surface area contributed by atoms with Gasteiger partial charge in [-0.25, -0.2) is 0 Å². The number of anilines is 1. The van der Waals surface area contributed by atoms with Gasteiger partial charge in [-0.3, -0.25) is 0 Å². The van der Waals surface area contributed by atoms with Gasteiger partial charge in [0.25, 0.3) is 0 Å². The summed E-state index contributed by atoms with van der Waals surface area (Å²) in [7, 11) is 1.93. The summed E-state index contributed by atoms with van der Waals surface area (Å²) in [5.41, 5.74) is -0.190. The molecule has 6 heteroatoms. The Hall–Kier alpha value is -0.750. The minimum absolute atomic E-state index is 0.212. The van der Waals surface area contributed by atoms with Crippen molar-refractivity contribution in [2.75, 3.05) is 11.9 Å². The van der Waals surface area contributed by atoms with E-state index in [4.69, 9.17) is 0 Å². The lowest BCUT2D eigenvalue weighted by atomic mass is 9.95. The van der Waals surface area contributed by atoms with Crippen molar-refractivity contribution in [1.29, 1.82) is 0 Å². The van der Waals surface area contributed by atoms with Crippen LogP contribution in [0.2, 0.25) is 0 Å². The second-order valence-electron chi connectivity index (χ2n) is 5.91. The van der Waals surface area contributed by atoms with Crippen LogP contribution < -0.4 is 10.2 Å². The average Bonchev–Trinajstić information content (AvgIpc) is 2.68. The molecule has 0 spiro atoms. The first-order chi connectivity index (χ1) is 9.90. The van der Waals surface area contributed by atoms with Gasteiger partial charge < -0.3 is 10.2 Å². The molecule has 1 aromatic rings. The molecule has 0 amide bonds. The predicted octanol–water partition coefficient (Wildman–Crippen LogP) is 4.19. The Morgan fingerprint density at radius 3 is 2.33 bits per heavy atom. The molecule has 2 bridgehead atoms. The number of piperidine rings is 1. The van der Waals surface area contributed by atoms with Crippen LogP contribution in [0.25, 0.3) is 0 Å². The van der Waals surface area contributed by atoms with Crippen LogP contribution in [0.1, 0.15) is 31.2 Å². The first-order valence-electron chi connectivity index (χ1n) is 7.22. The number of hydrogen-bond acceptors (Lipinski definition) is 2. The van der Waals surface area contributed by atoms with Crippen molar-refractivity contribution in [1.82, 2.24) is 5.32 Å². The van der Waals surface area contributed by atoms with Gasteiger partial charge >= 0.3 is 6.18 Å². The number of rotatable bonds is 2. The van der Waals surface area contributed by atoms with E-state index in [2.05, 4.69) is 21.2 Å². The van der Waals surface area contributed by atoms with Crippen LogP contribution in [0.3, 0.4) is 0 Å². The number of fused-ring (bicyclic) bond motifs is 2. The van der Waals surface area contributed by atoms with Crippen molar-refractivity contribution < 1.29 is 13.2 Å². The van der Waals surface area contributed by atoms with Gasteiger partial charge in [-0.2, -0.15) is 13.2 Å². The molecular formula is C15H18BrF3N2. The fourth-order valence-corrected chi connectivity index (χ4v) is 4.13. The van der Waals surface area contributed by atoms with Gasteiger partial charge in [0.1, 0.15) is 0 Å². The molecule has 116 valence electrons. The zero-order chi connectivity index (χ0) is 15.2. The molecule has 0 radical (unpaired) electrons. The minimum Gasteiger partial charge on any atom is -0.365 e. The third kappa shape index (κ3) is 2.80. The van der Waals surface area contributed by atoms with E-state index in [-0.39, 0.29) is 12.1 Å². The van der Waals surface area contributed by atoms with Crippen LogP contribution in [-0.2, 0) is 6.18 Å². The van der Waals surface area contributed by atoms with Crippen molar-refractivity contribution in [3.05, 3.63) is 28.2 Å². The average molecular weight is 363 g/mol. The molecule has 21 heavy (non-hydrogen) atoms. The van der Waals surface area contributed by atoms with E-state index in [1.54, 1.807) is 12.1 Å². The van der Waals surface area contributed by atoms with Crippen molar-refractivity contribution in [2.24, 2.45) is 0 Å². The molecule has 0 saturated carbocycles. The molecule has 2 heterocycles. The summed E-state index contributed by atoms with van der Waals surface area (Å²) in [4.78, 5) is 2.02. The summed E-state index contributed by atoms with van der Waals surface area (Å²) >= 11 is 3.15. The van der Waals surface area contributed by atoms with Crippen LogP contribution in [0.15, 0.2) is 22.7 Å². The molecule has 2 atom stereocenters.